The number of aliphatic carboxylic acids is 1. The molecule has 0 saturated heterocycles. The number of carbonyl (C=O) groups is 1. The minimum Gasteiger partial charge on any atom is -0.475 e. The topological polar surface area (TPSA) is 120 Å². The van der Waals surface area contributed by atoms with Crippen molar-refractivity contribution in [2.45, 2.75) is 38.7 Å². The summed E-state index contributed by atoms with van der Waals surface area (Å²) in [4.78, 5) is 40.1. The lowest BCUT2D eigenvalue weighted by Crippen LogP contribution is -2.44. The molecule has 2 aromatic heterocycles. The highest BCUT2D eigenvalue weighted by atomic mass is 19.4. The van der Waals surface area contributed by atoms with Gasteiger partial charge in [0.05, 0.1) is 12.1 Å². The molecule has 210 valence electrons. The number of nitrogens with zero attached hydrogens (tertiary/aromatic N) is 3. The summed E-state index contributed by atoms with van der Waals surface area (Å²) in [7, 11) is 0. The van der Waals surface area contributed by atoms with Crippen LogP contribution in [-0.4, -0.2) is 31.4 Å². The Bertz CT molecular complexity index is 1570. The molecule has 40 heavy (non-hydrogen) atoms. The van der Waals surface area contributed by atoms with Crippen LogP contribution in [0.5, 0.6) is 0 Å². The molecular weight excluding hydrogens is 532 g/mol. The fraction of sp³-hybridized carbons (Fsp3) is 0.214. The highest BCUT2D eigenvalue weighted by molar-refractivity contribution is 5.73. The maximum absolute atomic E-state index is 14.7. The van der Waals surface area contributed by atoms with E-state index < -0.39 is 35.3 Å². The van der Waals surface area contributed by atoms with Crippen molar-refractivity contribution in [2.75, 3.05) is 0 Å². The minimum absolute atomic E-state index is 0.0208. The number of benzene rings is 2. The number of hydrogen-bond acceptors (Lipinski definition) is 5. The smallest absolute Gasteiger partial charge is 0.475 e. The fourth-order valence-corrected chi connectivity index (χ4v) is 3.97. The van der Waals surface area contributed by atoms with Crippen LogP contribution in [0.2, 0.25) is 0 Å². The third kappa shape index (κ3) is 7.29. The van der Waals surface area contributed by atoms with Gasteiger partial charge in [0.2, 0.25) is 0 Å². The first-order valence-corrected chi connectivity index (χ1v) is 12.0. The lowest BCUT2D eigenvalue weighted by Gasteiger charge is -2.20. The molecule has 0 aliphatic heterocycles. The molecule has 0 aliphatic carbocycles. The lowest BCUT2D eigenvalue weighted by atomic mass is 10.0. The van der Waals surface area contributed by atoms with Crippen molar-refractivity contribution in [3.8, 4) is 11.1 Å². The van der Waals surface area contributed by atoms with Crippen LogP contribution in [0.4, 0.5) is 17.6 Å². The highest BCUT2D eigenvalue weighted by Gasteiger charge is 2.38. The average Bonchev–Trinajstić information content (AvgIpc) is 2.93. The van der Waals surface area contributed by atoms with Crippen molar-refractivity contribution < 1.29 is 27.5 Å². The molecule has 0 aliphatic rings. The molecule has 4 rings (SSSR count). The molecule has 2 aromatic carbocycles. The van der Waals surface area contributed by atoms with E-state index in [-0.39, 0.29) is 17.7 Å². The zero-order chi connectivity index (χ0) is 29.4. The molecule has 4 aromatic rings. The first-order chi connectivity index (χ1) is 18.9. The van der Waals surface area contributed by atoms with Gasteiger partial charge < -0.3 is 10.8 Å². The van der Waals surface area contributed by atoms with E-state index in [4.69, 9.17) is 15.6 Å². The first-order valence-electron chi connectivity index (χ1n) is 12.0. The monoisotopic (exact) mass is 558 g/mol. The molecule has 3 N–H and O–H groups in total. The van der Waals surface area contributed by atoms with Crippen molar-refractivity contribution in [1.29, 1.82) is 0 Å². The summed E-state index contributed by atoms with van der Waals surface area (Å²) in [6.07, 6.45) is -2.91. The SMILES string of the molecule is Cc1c(-c2ccccc2F)c(=O)n(C[C@H](N)c2ccccc2)c(=O)n1CCc1ccccn1.O=C(O)C(F)(F)F. The molecule has 0 saturated carbocycles. The maximum Gasteiger partial charge on any atom is 0.490 e. The normalized spacial score (nSPS) is 11.8. The van der Waals surface area contributed by atoms with Gasteiger partial charge in [0.15, 0.2) is 0 Å². The second-order valence-electron chi connectivity index (χ2n) is 8.68. The summed E-state index contributed by atoms with van der Waals surface area (Å²) in [6.45, 7) is 1.95. The molecular formula is C28H26F4N4O4. The van der Waals surface area contributed by atoms with Crippen molar-refractivity contribution in [3.63, 3.8) is 0 Å². The van der Waals surface area contributed by atoms with E-state index >= 15 is 0 Å². The van der Waals surface area contributed by atoms with Gasteiger partial charge >= 0.3 is 17.8 Å². The van der Waals surface area contributed by atoms with Crippen LogP contribution in [0.15, 0.2) is 88.6 Å². The van der Waals surface area contributed by atoms with E-state index in [1.807, 2.05) is 48.5 Å². The van der Waals surface area contributed by atoms with E-state index in [9.17, 15) is 27.2 Å². The Labute approximate surface area is 226 Å². The standard InChI is InChI=1S/C26H25FN4O2.C2HF3O2/c1-18-24(21-12-5-6-13-22(21)27)25(32)31(17-23(28)19-9-3-2-4-10-19)26(33)30(18)16-14-20-11-7-8-15-29-20;3-2(4,5)1(6)7/h2-13,15,23H,14,16-17,28H2,1H3;(H,6,7)/t23-;/m0./s1. The summed E-state index contributed by atoms with van der Waals surface area (Å²) >= 11 is 0. The summed E-state index contributed by atoms with van der Waals surface area (Å²) in [5.41, 5.74) is 7.67. The molecule has 0 spiro atoms. The molecule has 0 bridgehead atoms. The van der Waals surface area contributed by atoms with E-state index in [1.54, 1.807) is 31.3 Å². The Morgan fingerprint density at radius 1 is 0.975 bits per heavy atom. The van der Waals surface area contributed by atoms with Gasteiger partial charge in [-0.25, -0.2) is 14.0 Å². The van der Waals surface area contributed by atoms with Crippen LogP contribution >= 0.6 is 0 Å². The van der Waals surface area contributed by atoms with Gasteiger partial charge in [-0.1, -0.05) is 54.6 Å². The van der Waals surface area contributed by atoms with Gasteiger partial charge in [-0.2, -0.15) is 13.2 Å². The molecule has 8 nitrogen and oxygen atoms in total. The minimum atomic E-state index is -5.08. The Morgan fingerprint density at radius 2 is 1.57 bits per heavy atom. The van der Waals surface area contributed by atoms with Gasteiger partial charge in [0.1, 0.15) is 5.82 Å². The summed E-state index contributed by atoms with van der Waals surface area (Å²) < 4.78 is 49.1. The summed E-state index contributed by atoms with van der Waals surface area (Å²) in [5, 5.41) is 7.12. The van der Waals surface area contributed by atoms with Crippen LogP contribution in [0.25, 0.3) is 11.1 Å². The van der Waals surface area contributed by atoms with E-state index in [1.165, 1.54) is 10.6 Å². The van der Waals surface area contributed by atoms with Gasteiger partial charge in [0, 0.05) is 42.2 Å². The third-order valence-electron chi connectivity index (χ3n) is 6.00. The largest absolute Gasteiger partial charge is 0.490 e. The number of aromatic nitrogens is 3. The number of alkyl halides is 3. The van der Waals surface area contributed by atoms with Crippen molar-refractivity contribution in [1.82, 2.24) is 14.1 Å². The van der Waals surface area contributed by atoms with Gasteiger partial charge in [-0.05, 0) is 30.7 Å². The van der Waals surface area contributed by atoms with Gasteiger partial charge in [-0.3, -0.25) is 18.9 Å². The zero-order valence-corrected chi connectivity index (χ0v) is 21.3. The first kappa shape index (κ1) is 30.0. The lowest BCUT2D eigenvalue weighted by molar-refractivity contribution is -0.192. The number of aryl methyl sites for hydroxylation is 1. The second-order valence-corrected chi connectivity index (χ2v) is 8.68. The Hall–Kier alpha value is -4.58. The van der Waals surface area contributed by atoms with E-state index in [0.717, 1.165) is 15.8 Å². The van der Waals surface area contributed by atoms with Gasteiger partial charge in [-0.15, -0.1) is 0 Å². The molecule has 0 radical (unpaired) electrons. The van der Waals surface area contributed by atoms with Crippen LogP contribution in [0.1, 0.15) is 23.0 Å². The zero-order valence-electron chi connectivity index (χ0n) is 21.3. The Balaban J connectivity index is 0.000000559. The summed E-state index contributed by atoms with van der Waals surface area (Å²) in [6, 6.07) is 20.4. The van der Waals surface area contributed by atoms with Crippen molar-refractivity contribution in [2.24, 2.45) is 5.73 Å². The maximum atomic E-state index is 14.7. The third-order valence-corrected chi connectivity index (χ3v) is 6.00. The van der Waals surface area contributed by atoms with Crippen LogP contribution in [0, 0.1) is 12.7 Å². The number of carboxylic acids is 1. The molecule has 12 heteroatoms. The number of hydrogen-bond donors (Lipinski definition) is 2. The average molecular weight is 559 g/mol. The van der Waals surface area contributed by atoms with E-state index in [2.05, 4.69) is 4.98 Å². The Kier molecular flexibility index (Phi) is 9.73. The quantitative estimate of drug-likeness (QED) is 0.330. The molecule has 0 fully saturated rings. The number of halogens is 4. The molecule has 1 atom stereocenters. The second kappa shape index (κ2) is 13.0. The Morgan fingerprint density at radius 3 is 2.15 bits per heavy atom. The molecule has 2 heterocycles. The summed E-state index contributed by atoms with van der Waals surface area (Å²) in [5.74, 6) is -3.28. The van der Waals surface area contributed by atoms with Crippen LogP contribution in [0.3, 0.4) is 0 Å². The van der Waals surface area contributed by atoms with Crippen LogP contribution in [-0.2, 0) is 24.3 Å². The number of nitrogens with two attached hydrogens (primary N) is 1. The predicted molar refractivity (Wildman–Crippen MR) is 140 cm³/mol. The molecule has 0 unspecified atom stereocenters. The van der Waals surface area contributed by atoms with Gasteiger partial charge in [0.25, 0.3) is 5.56 Å². The molecule has 0 amide bonds. The fourth-order valence-electron chi connectivity index (χ4n) is 3.97. The number of rotatable bonds is 7. The highest BCUT2D eigenvalue weighted by Crippen LogP contribution is 2.22. The predicted octanol–water partition coefficient (Wildman–Crippen LogP) is 4.10. The van der Waals surface area contributed by atoms with Crippen molar-refractivity contribution >= 4 is 5.97 Å². The number of pyridine rings is 1. The van der Waals surface area contributed by atoms with Crippen molar-refractivity contribution in [3.05, 3.63) is 123 Å². The van der Waals surface area contributed by atoms with E-state index in [0.29, 0.717) is 18.7 Å². The number of carboxylic acid groups (broad SMARTS) is 1. The van der Waals surface area contributed by atoms with Crippen LogP contribution < -0.4 is 17.0 Å².